The summed E-state index contributed by atoms with van der Waals surface area (Å²) < 4.78 is 0. The maximum atomic E-state index is 4.31. The quantitative estimate of drug-likeness (QED) is 0.388. The Morgan fingerprint density at radius 2 is 1.88 bits per heavy atom. The van der Waals surface area contributed by atoms with Crippen molar-refractivity contribution in [1.29, 1.82) is 0 Å². The zero-order valence-electron chi connectivity index (χ0n) is 10.1. The topological polar surface area (TPSA) is 12.4 Å². The van der Waals surface area contributed by atoms with Crippen LogP contribution in [0.25, 0.3) is 5.57 Å². The van der Waals surface area contributed by atoms with Gasteiger partial charge in [0.25, 0.3) is 0 Å². The van der Waals surface area contributed by atoms with Gasteiger partial charge in [0.15, 0.2) is 0 Å². The van der Waals surface area contributed by atoms with Crippen LogP contribution < -0.4 is 0 Å². The van der Waals surface area contributed by atoms with Crippen molar-refractivity contribution in [2.75, 3.05) is 0 Å². The molecule has 0 fully saturated rings. The van der Waals surface area contributed by atoms with E-state index in [1.807, 2.05) is 31.2 Å². The largest absolute Gasteiger partial charge is 0.261 e. The highest BCUT2D eigenvalue weighted by atomic mass is 14.7. The van der Waals surface area contributed by atoms with Gasteiger partial charge in [0.1, 0.15) is 0 Å². The molecule has 1 rings (SSSR count). The van der Waals surface area contributed by atoms with Crippen molar-refractivity contribution in [3.63, 3.8) is 0 Å². The van der Waals surface area contributed by atoms with Gasteiger partial charge in [-0.1, -0.05) is 36.9 Å². The van der Waals surface area contributed by atoms with Gasteiger partial charge in [0.05, 0.1) is 5.69 Å². The molecule has 16 heavy (non-hydrogen) atoms. The number of hydrogen-bond donors (Lipinski definition) is 0. The first-order chi connectivity index (χ1) is 7.79. The van der Waals surface area contributed by atoms with Crippen LogP contribution in [0, 0.1) is 0 Å². The molecule has 0 bridgehead atoms. The molecule has 0 amide bonds. The predicted octanol–water partition coefficient (Wildman–Crippen LogP) is 4.80. The molecule has 0 heterocycles. The zero-order valence-corrected chi connectivity index (χ0v) is 10.1. The molecule has 0 unspecified atom stereocenters. The van der Waals surface area contributed by atoms with E-state index in [2.05, 4.69) is 37.7 Å². The lowest BCUT2D eigenvalue weighted by atomic mass is 10.1. The van der Waals surface area contributed by atoms with Crippen molar-refractivity contribution >= 4 is 17.5 Å². The van der Waals surface area contributed by atoms with Gasteiger partial charge in [-0.3, -0.25) is 4.99 Å². The molecular formula is C15H19N. The van der Waals surface area contributed by atoms with Gasteiger partial charge in [0, 0.05) is 11.8 Å². The van der Waals surface area contributed by atoms with Gasteiger partial charge in [0.2, 0.25) is 0 Å². The summed E-state index contributed by atoms with van der Waals surface area (Å²) in [7, 11) is 0. The smallest absolute Gasteiger partial charge is 0.0700 e. The molecule has 1 aromatic rings. The number of allylic oxidation sites excluding steroid dienone is 3. The molecular weight excluding hydrogens is 194 g/mol. The second-order valence-corrected chi connectivity index (χ2v) is 2.99. The standard InChI is InChI=1S/C13H15N.C2H4/c1-4-8-11(3)12-9-6-7-10-13(12)14-5-2;1-2/h4-10H,1H2,2-3H3;1-2H2/b11-8+,14-5?;. The summed E-state index contributed by atoms with van der Waals surface area (Å²) in [5.41, 5.74) is 3.34. The summed E-state index contributed by atoms with van der Waals surface area (Å²) in [5, 5.41) is 0. The van der Waals surface area contributed by atoms with Crippen molar-refractivity contribution in [1.82, 2.24) is 0 Å². The van der Waals surface area contributed by atoms with Crippen molar-refractivity contribution < 1.29 is 0 Å². The molecule has 0 N–H and O–H groups in total. The molecule has 0 spiro atoms. The van der Waals surface area contributed by atoms with E-state index >= 15 is 0 Å². The van der Waals surface area contributed by atoms with E-state index in [0.29, 0.717) is 0 Å². The van der Waals surface area contributed by atoms with Crippen LogP contribution in [0.15, 0.2) is 61.1 Å². The Kier molecular flexibility index (Phi) is 7.43. The maximum absolute atomic E-state index is 4.31. The molecule has 84 valence electrons. The van der Waals surface area contributed by atoms with Crippen LogP contribution in [0.2, 0.25) is 0 Å². The molecule has 0 saturated carbocycles. The van der Waals surface area contributed by atoms with Gasteiger partial charge >= 0.3 is 0 Å². The van der Waals surface area contributed by atoms with Crippen molar-refractivity contribution in [3.8, 4) is 0 Å². The van der Waals surface area contributed by atoms with E-state index < -0.39 is 0 Å². The Bertz CT molecular complexity index is 386. The van der Waals surface area contributed by atoms with E-state index in [0.717, 1.165) is 11.3 Å². The van der Waals surface area contributed by atoms with Crippen LogP contribution in [-0.2, 0) is 0 Å². The number of hydrogen-bond acceptors (Lipinski definition) is 1. The van der Waals surface area contributed by atoms with Gasteiger partial charge in [-0.05, 0) is 25.5 Å². The molecule has 0 radical (unpaired) electrons. The fraction of sp³-hybridized carbons (Fsp3) is 0.133. The summed E-state index contributed by atoms with van der Waals surface area (Å²) in [5.74, 6) is 0. The monoisotopic (exact) mass is 213 g/mol. The van der Waals surface area contributed by atoms with E-state index in [1.165, 1.54) is 5.57 Å². The van der Waals surface area contributed by atoms with Crippen LogP contribution in [0.3, 0.4) is 0 Å². The van der Waals surface area contributed by atoms with Gasteiger partial charge in [-0.25, -0.2) is 0 Å². The minimum absolute atomic E-state index is 1.01. The molecule has 0 aliphatic heterocycles. The SMILES string of the molecule is C=C.C=C/C=C(\C)c1ccccc1N=CC. The first-order valence-electron chi connectivity index (χ1n) is 5.17. The first-order valence-corrected chi connectivity index (χ1v) is 5.17. The average Bonchev–Trinajstić information content (AvgIpc) is 2.33. The third-order valence-electron chi connectivity index (χ3n) is 1.96. The predicted molar refractivity (Wildman–Crippen MR) is 75.4 cm³/mol. The van der Waals surface area contributed by atoms with E-state index in [-0.39, 0.29) is 0 Å². The molecule has 0 aliphatic carbocycles. The fourth-order valence-corrected chi connectivity index (χ4v) is 1.33. The molecule has 1 heteroatoms. The maximum Gasteiger partial charge on any atom is 0.0700 e. The van der Waals surface area contributed by atoms with E-state index in [1.54, 1.807) is 12.3 Å². The van der Waals surface area contributed by atoms with E-state index in [4.69, 9.17) is 0 Å². The minimum Gasteiger partial charge on any atom is -0.261 e. The number of aliphatic imine (C=N–C) groups is 1. The van der Waals surface area contributed by atoms with Crippen molar-refractivity contribution in [2.24, 2.45) is 4.99 Å². The van der Waals surface area contributed by atoms with Crippen LogP contribution in [-0.4, -0.2) is 6.21 Å². The summed E-state index contributed by atoms with van der Waals surface area (Å²) in [6.07, 6.45) is 5.59. The molecule has 1 nitrogen and oxygen atoms in total. The lowest BCUT2D eigenvalue weighted by molar-refractivity contribution is 1.47. The highest BCUT2D eigenvalue weighted by molar-refractivity contribution is 5.76. The summed E-state index contributed by atoms with van der Waals surface area (Å²) in [6, 6.07) is 8.09. The molecule has 1 aromatic carbocycles. The summed E-state index contributed by atoms with van der Waals surface area (Å²) >= 11 is 0. The highest BCUT2D eigenvalue weighted by Gasteiger charge is 1.99. The van der Waals surface area contributed by atoms with Crippen molar-refractivity contribution in [2.45, 2.75) is 13.8 Å². The highest BCUT2D eigenvalue weighted by Crippen LogP contribution is 2.25. The lowest BCUT2D eigenvalue weighted by Crippen LogP contribution is -1.80. The average molecular weight is 213 g/mol. The van der Waals surface area contributed by atoms with Crippen LogP contribution in [0.4, 0.5) is 5.69 Å². The molecule has 0 saturated heterocycles. The van der Waals surface area contributed by atoms with Crippen LogP contribution >= 0.6 is 0 Å². The zero-order chi connectivity index (χ0) is 12.4. The third kappa shape index (κ3) is 4.09. The normalized spacial score (nSPS) is 10.8. The Labute approximate surface area is 98.5 Å². The number of benzene rings is 1. The van der Waals surface area contributed by atoms with Crippen molar-refractivity contribution in [3.05, 3.63) is 61.7 Å². The number of para-hydroxylation sites is 1. The summed E-state index contributed by atoms with van der Waals surface area (Å²) in [4.78, 5) is 4.31. The van der Waals surface area contributed by atoms with E-state index in [9.17, 15) is 0 Å². The second kappa shape index (κ2) is 8.42. The van der Waals surface area contributed by atoms with Gasteiger partial charge < -0.3 is 0 Å². The van der Waals surface area contributed by atoms with Gasteiger partial charge in [-0.2, -0.15) is 0 Å². The Morgan fingerprint density at radius 3 is 2.44 bits per heavy atom. The number of rotatable bonds is 3. The summed E-state index contributed by atoms with van der Waals surface area (Å²) in [6.45, 7) is 13.7. The van der Waals surface area contributed by atoms with Crippen LogP contribution in [0.5, 0.6) is 0 Å². The van der Waals surface area contributed by atoms with Gasteiger partial charge in [-0.15, -0.1) is 13.2 Å². The first kappa shape index (κ1) is 14.1. The second-order valence-electron chi connectivity index (χ2n) is 2.99. The Hall–Kier alpha value is -1.89. The molecule has 0 aromatic heterocycles. The fourth-order valence-electron chi connectivity index (χ4n) is 1.33. The number of nitrogens with zero attached hydrogens (tertiary/aromatic N) is 1. The molecule has 0 aliphatic rings. The van der Waals surface area contributed by atoms with Crippen LogP contribution in [0.1, 0.15) is 19.4 Å². The lowest BCUT2D eigenvalue weighted by Gasteiger charge is -2.04. The third-order valence-corrected chi connectivity index (χ3v) is 1.96. The Morgan fingerprint density at radius 1 is 1.25 bits per heavy atom. The molecule has 0 atom stereocenters. The Balaban J connectivity index is 0.00000106. The minimum atomic E-state index is 1.01.